The number of benzene rings is 2. The van der Waals surface area contributed by atoms with Gasteiger partial charge in [-0.15, -0.1) is 12.4 Å². The molecule has 0 amide bonds. The van der Waals surface area contributed by atoms with E-state index in [1.807, 2.05) is 31.2 Å². The Morgan fingerprint density at radius 1 is 1.05 bits per heavy atom. The van der Waals surface area contributed by atoms with E-state index < -0.39 is 0 Å². The fourth-order valence-electron chi connectivity index (χ4n) is 2.12. The molecular weight excluding hydrogens is 418 g/mol. The maximum atomic E-state index is 6.10. The van der Waals surface area contributed by atoms with E-state index in [0.717, 1.165) is 28.0 Å². The standard InChI is InChI=1S/C16H12ClIN2.ClH/c1-10-8-16(20-13-5-3-12(18)4-6-13)14-9-11(17)2-7-15(14)19-10;/h2-9H,1H3,(H,19,20);1H. The minimum absolute atomic E-state index is 0. The number of anilines is 2. The van der Waals surface area contributed by atoms with Gasteiger partial charge in [-0.2, -0.15) is 0 Å². The molecule has 0 spiro atoms. The van der Waals surface area contributed by atoms with Crippen molar-refractivity contribution >= 4 is 68.9 Å². The Hall–Kier alpha value is -1.04. The van der Waals surface area contributed by atoms with Crippen LogP contribution in [0.4, 0.5) is 11.4 Å². The first-order valence-electron chi connectivity index (χ1n) is 6.21. The van der Waals surface area contributed by atoms with Crippen LogP contribution < -0.4 is 5.32 Å². The average Bonchev–Trinajstić information content (AvgIpc) is 2.42. The largest absolute Gasteiger partial charge is 0.355 e. The number of fused-ring (bicyclic) bond motifs is 1. The summed E-state index contributed by atoms with van der Waals surface area (Å²) in [5.41, 5.74) is 4.00. The normalized spacial score (nSPS) is 10.2. The summed E-state index contributed by atoms with van der Waals surface area (Å²) in [5, 5.41) is 5.19. The maximum absolute atomic E-state index is 6.10. The Morgan fingerprint density at radius 2 is 1.76 bits per heavy atom. The Labute approximate surface area is 148 Å². The van der Waals surface area contributed by atoms with Gasteiger partial charge in [0.1, 0.15) is 0 Å². The highest BCUT2D eigenvalue weighted by atomic mass is 127. The van der Waals surface area contributed by atoms with Crippen LogP contribution in [0.5, 0.6) is 0 Å². The van der Waals surface area contributed by atoms with Gasteiger partial charge in [0.25, 0.3) is 0 Å². The van der Waals surface area contributed by atoms with Gasteiger partial charge in [-0.25, -0.2) is 0 Å². The molecule has 2 aromatic carbocycles. The molecule has 1 aromatic heterocycles. The molecular formula is C16H13Cl2IN2. The number of hydrogen-bond acceptors (Lipinski definition) is 2. The number of pyridine rings is 1. The SMILES string of the molecule is Cc1cc(Nc2ccc(I)cc2)c2cc(Cl)ccc2n1.Cl. The minimum Gasteiger partial charge on any atom is -0.355 e. The summed E-state index contributed by atoms with van der Waals surface area (Å²) in [4.78, 5) is 4.53. The monoisotopic (exact) mass is 430 g/mol. The number of halogens is 3. The van der Waals surface area contributed by atoms with Crippen molar-refractivity contribution in [3.05, 3.63) is 62.8 Å². The number of rotatable bonds is 2. The second kappa shape index (κ2) is 6.81. The van der Waals surface area contributed by atoms with E-state index in [4.69, 9.17) is 11.6 Å². The number of aromatic nitrogens is 1. The van der Waals surface area contributed by atoms with Gasteiger partial charge in [-0.3, -0.25) is 4.98 Å². The average molecular weight is 431 g/mol. The second-order valence-corrected chi connectivity index (χ2v) is 6.29. The predicted molar refractivity (Wildman–Crippen MR) is 101 cm³/mol. The zero-order valence-electron chi connectivity index (χ0n) is 11.2. The van der Waals surface area contributed by atoms with Gasteiger partial charge in [0, 0.05) is 31.0 Å². The predicted octanol–water partition coefficient (Wildman–Crippen LogP) is 5.97. The van der Waals surface area contributed by atoms with E-state index in [1.54, 1.807) is 0 Å². The molecule has 0 fully saturated rings. The Morgan fingerprint density at radius 3 is 2.48 bits per heavy atom. The molecule has 0 aliphatic rings. The number of nitrogens with one attached hydrogen (secondary N) is 1. The van der Waals surface area contributed by atoms with Gasteiger partial charge in [0.05, 0.1) is 5.52 Å². The first-order valence-corrected chi connectivity index (χ1v) is 7.67. The summed E-state index contributed by atoms with van der Waals surface area (Å²) >= 11 is 8.39. The van der Waals surface area contributed by atoms with E-state index in [9.17, 15) is 0 Å². The fourth-order valence-corrected chi connectivity index (χ4v) is 2.65. The van der Waals surface area contributed by atoms with Crippen molar-refractivity contribution in [3.8, 4) is 0 Å². The molecule has 0 radical (unpaired) electrons. The molecule has 0 unspecified atom stereocenters. The van der Waals surface area contributed by atoms with E-state index in [-0.39, 0.29) is 12.4 Å². The second-order valence-electron chi connectivity index (χ2n) is 4.60. The third-order valence-electron chi connectivity index (χ3n) is 3.02. The Kier molecular flexibility index (Phi) is 5.30. The van der Waals surface area contributed by atoms with E-state index in [1.165, 1.54) is 3.57 Å². The van der Waals surface area contributed by atoms with Crippen LogP contribution in [0.1, 0.15) is 5.69 Å². The number of aryl methyl sites for hydroxylation is 1. The molecule has 0 bridgehead atoms. The molecule has 2 nitrogen and oxygen atoms in total. The van der Waals surface area contributed by atoms with Gasteiger partial charge in [0.15, 0.2) is 0 Å². The van der Waals surface area contributed by atoms with Crippen LogP contribution in [0.15, 0.2) is 48.5 Å². The minimum atomic E-state index is 0. The van der Waals surface area contributed by atoms with Gasteiger partial charge >= 0.3 is 0 Å². The molecule has 108 valence electrons. The maximum Gasteiger partial charge on any atom is 0.0727 e. The highest BCUT2D eigenvalue weighted by molar-refractivity contribution is 14.1. The molecule has 0 saturated heterocycles. The lowest BCUT2D eigenvalue weighted by Crippen LogP contribution is -1.94. The molecule has 3 rings (SSSR count). The molecule has 21 heavy (non-hydrogen) atoms. The van der Waals surface area contributed by atoms with Crippen LogP contribution in [0.3, 0.4) is 0 Å². The van der Waals surface area contributed by atoms with Gasteiger partial charge in [0.2, 0.25) is 0 Å². The van der Waals surface area contributed by atoms with Crippen molar-refractivity contribution in [1.82, 2.24) is 4.98 Å². The van der Waals surface area contributed by atoms with Crippen molar-refractivity contribution in [1.29, 1.82) is 0 Å². The van der Waals surface area contributed by atoms with E-state index in [2.05, 4.69) is 57.2 Å². The van der Waals surface area contributed by atoms with Crippen LogP contribution in [0.2, 0.25) is 5.02 Å². The van der Waals surface area contributed by atoms with Gasteiger partial charge in [-0.05, 0) is 78.0 Å². The third-order valence-corrected chi connectivity index (χ3v) is 3.98. The summed E-state index contributed by atoms with van der Waals surface area (Å²) in [6.07, 6.45) is 0. The number of hydrogen-bond donors (Lipinski definition) is 1. The van der Waals surface area contributed by atoms with Crippen molar-refractivity contribution < 1.29 is 0 Å². The topological polar surface area (TPSA) is 24.9 Å². The summed E-state index contributed by atoms with van der Waals surface area (Å²) in [6.45, 7) is 1.99. The molecule has 0 aliphatic heterocycles. The number of nitrogens with zero attached hydrogens (tertiary/aromatic N) is 1. The van der Waals surface area contributed by atoms with Crippen molar-refractivity contribution in [2.75, 3.05) is 5.32 Å². The van der Waals surface area contributed by atoms with Crippen LogP contribution in [-0.4, -0.2) is 4.98 Å². The van der Waals surface area contributed by atoms with Gasteiger partial charge in [-0.1, -0.05) is 11.6 Å². The van der Waals surface area contributed by atoms with Crippen molar-refractivity contribution in [3.63, 3.8) is 0 Å². The molecule has 5 heteroatoms. The molecule has 3 aromatic rings. The molecule has 1 N–H and O–H groups in total. The van der Waals surface area contributed by atoms with E-state index >= 15 is 0 Å². The lowest BCUT2D eigenvalue weighted by molar-refractivity contribution is 1.25. The van der Waals surface area contributed by atoms with Gasteiger partial charge < -0.3 is 5.32 Å². The zero-order valence-corrected chi connectivity index (χ0v) is 15.0. The summed E-state index contributed by atoms with van der Waals surface area (Å²) in [6, 6.07) is 16.1. The molecule has 0 aliphatic carbocycles. The first-order chi connectivity index (χ1) is 9.61. The first kappa shape index (κ1) is 16.3. The zero-order chi connectivity index (χ0) is 14.1. The summed E-state index contributed by atoms with van der Waals surface area (Å²) < 4.78 is 1.21. The molecule has 0 atom stereocenters. The third kappa shape index (κ3) is 3.78. The Bertz CT molecular complexity index is 773. The molecule has 0 saturated carbocycles. The fraction of sp³-hybridized carbons (Fsp3) is 0.0625. The van der Waals surface area contributed by atoms with Crippen LogP contribution >= 0.6 is 46.6 Å². The lowest BCUT2D eigenvalue weighted by atomic mass is 10.1. The quantitative estimate of drug-likeness (QED) is 0.507. The van der Waals surface area contributed by atoms with Crippen LogP contribution in [0.25, 0.3) is 10.9 Å². The smallest absolute Gasteiger partial charge is 0.0727 e. The van der Waals surface area contributed by atoms with Crippen molar-refractivity contribution in [2.45, 2.75) is 6.92 Å². The highest BCUT2D eigenvalue weighted by Crippen LogP contribution is 2.28. The molecule has 1 heterocycles. The van der Waals surface area contributed by atoms with Crippen molar-refractivity contribution in [2.24, 2.45) is 0 Å². The Balaban J connectivity index is 0.00000161. The summed E-state index contributed by atoms with van der Waals surface area (Å²) in [7, 11) is 0. The van der Waals surface area contributed by atoms with Crippen LogP contribution in [-0.2, 0) is 0 Å². The van der Waals surface area contributed by atoms with Crippen LogP contribution in [0, 0.1) is 10.5 Å². The summed E-state index contributed by atoms with van der Waals surface area (Å²) in [5.74, 6) is 0. The highest BCUT2D eigenvalue weighted by Gasteiger charge is 2.05. The lowest BCUT2D eigenvalue weighted by Gasteiger charge is -2.11. The van der Waals surface area contributed by atoms with E-state index in [0.29, 0.717) is 5.02 Å².